The van der Waals surface area contributed by atoms with E-state index in [-0.39, 0.29) is 16.3 Å². The first-order valence-electron chi connectivity index (χ1n) is 2.88. The van der Waals surface area contributed by atoms with Gasteiger partial charge in [-0.15, -0.1) is 10.2 Å². The van der Waals surface area contributed by atoms with Crippen LogP contribution < -0.4 is 11.5 Å². The van der Waals surface area contributed by atoms with Crippen molar-refractivity contribution < 1.29 is 0 Å². The number of aromatic nitrogens is 3. The summed E-state index contributed by atoms with van der Waals surface area (Å²) in [5.41, 5.74) is 10.9. The molecule has 0 aromatic carbocycles. The van der Waals surface area contributed by atoms with Crippen molar-refractivity contribution in [3.8, 4) is 0 Å². The summed E-state index contributed by atoms with van der Waals surface area (Å²) in [6.07, 6.45) is 1.33. The second-order valence-corrected chi connectivity index (χ2v) is 2.88. The molecule has 12 heavy (non-hydrogen) atoms. The van der Waals surface area contributed by atoms with E-state index >= 15 is 0 Å². The summed E-state index contributed by atoms with van der Waals surface area (Å²) in [7, 11) is 0. The fourth-order valence-electron chi connectivity index (χ4n) is 0.566. The van der Waals surface area contributed by atoms with E-state index in [9.17, 15) is 0 Å². The molecule has 0 radical (unpaired) electrons. The van der Waals surface area contributed by atoms with Crippen LogP contribution in [0.1, 0.15) is 5.69 Å². The molecule has 0 aliphatic rings. The number of hydrogen-bond acceptors (Lipinski definition) is 5. The molecule has 0 aliphatic heterocycles. The van der Waals surface area contributed by atoms with Crippen molar-refractivity contribution in [2.75, 3.05) is 11.5 Å². The van der Waals surface area contributed by atoms with Gasteiger partial charge < -0.3 is 11.5 Å². The molecule has 0 spiro atoms. The lowest BCUT2D eigenvalue weighted by molar-refractivity contribution is 0.980. The predicted molar refractivity (Wildman–Crippen MR) is 48.3 cm³/mol. The Kier molecular flexibility index (Phi) is 2.67. The molecule has 0 bridgehead atoms. The van der Waals surface area contributed by atoms with E-state index < -0.39 is 0 Å². The molecule has 0 saturated heterocycles. The lowest BCUT2D eigenvalue weighted by Gasteiger charge is -1.96. The zero-order valence-corrected chi connectivity index (χ0v) is 7.34. The second kappa shape index (κ2) is 3.55. The lowest BCUT2D eigenvalue weighted by atomic mass is 10.4. The Morgan fingerprint density at radius 1 is 1.25 bits per heavy atom. The van der Waals surface area contributed by atoms with Gasteiger partial charge in [-0.3, -0.25) is 0 Å². The summed E-state index contributed by atoms with van der Waals surface area (Å²) in [4.78, 5) is 3.65. The molecule has 1 heterocycles. The Morgan fingerprint density at radius 2 is 1.92 bits per heavy atom. The summed E-state index contributed by atoms with van der Waals surface area (Å²) in [6.45, 7) is 0. The highest BCUT2D eigenvalue weighted by atomic mass is 35.5. The molecule has 64 valence electrons. The number of hydrogen-bond donors (Lipinski definition) is 2. The monoisotopic (exact) mass is 205 g/mol. The van der Waals surface area contributed by atoms with Crippen LogP contribution >= 0.6 is 23.2 Å². The second-order valence-electron chi connectivity index (χ2n) is 1.87. The van der Waals surface area contributed by atoms with Crippen molar-refractivity contribution in [2.24, 2.45) is 0 Å². The van der Waals surface area contributed by atoms with Crippen LogP contribution in [0.15, 0.2) is 4.49 Å². The molecule has 0 amide bonds. The fourth-order valence-corrected chi connectivity index (χ4v) is 0.772. The van der Waals surface area contributed by atoms with Crippen LogP contribution in [0.5, 0.6) is 0 Å². The van der Waals surface area contributed by atoms with Gasteiger partial charge in [-0.25, -0.2) is 0 Å². The van der Waals surface area contributed by atoms with Crippen molar-refractivity contribution >= 4 is 41.0 Å². The van der Waals surface area contributed by atoms with E-state index in [1.165, 1.54) is 6.08 Å². The topological polar surface area (TPSA) is 90.7 Å². The maximum absolute atomic E-state index is 5.41. The van der Waals surface area contributed by atoms with Crippen LogP contribution in [0, 0.1) is 0 Å². The molecule has 1 aromatic heterocycles. The summed E-state index contributed by atoms with van der Waals surface area (Å²) < 4.78 is 0.0302. The molecule has 0 atom stereocenters. The molecule has 1 rings (SSSR count). The summed E-state index contributed by atoms with van der Waals surface area (Å²) in [6, 6.07) is 0. The Labute approximate surface area is 78.4 Å². The zero-order chi connectivity index (χ0) is 9.14. The molecule has 7 heteroatoms. The van der Waals surface area contributed by atoms with Gasteiger partial charge in [-0.05, 0) is 6.08 Å². The van der Waals surface area contributed by atoms with E-state index in [0.717, 1.165) is 0 Å². The molecule has 0 unspecified atom stereocenters. The SMILES string of the molecule is Nc1nnc(C=C(Cl)Cl)c(N)n1. The minimum Gasteiger partial charge on any atom is -0.382 e. The van der Waals surface area contributed by atoms with E-state index in [0.29, 0.717) is 5.69 Å². The van der Waals surface area contributed by atoms with Crippen LogP contribution in [0.25, 0.3) is 6.08 Å². The third-order valence-electron chi connectivity index (χ3n) is 1.00. The maximum Gasteiger partial charge on any atom is 0.242 e. The van der Waals surface area contributed by atoms with Crippen molar-refractivity contribution in [1.82, 2.24) is 15.2 Å². The number of halogens is 2. The van der Waals surface area contributed by atoms with Crippen LogP contribution in [0.3, 0.4) is 0 Å². The van der Waals surface area contributed by atoms with Crippen molar-refractivity contribution in [2.45, 2.75) is 0 Å². The van der Waals surface area contributed by atoms with E-state index in [2.05, 4.69) is 15.2 Å². The van der Waals surface area contributed by atoms with Crippen molar-refractivity contribution in [1.29, 1.82) is 0 Å². The highest BCUT2D eigenvalue weighted by Crippen LogP contribution is 2.14. The highest BCUT2D eigenvalue weighted by molar-refractivity contribution is 6.57. The smallest absolute Gasteiger partial charge is 0.242 e. The molecule has 5 nitrogen and oxygen atoms in total. The van der Waals surface area contributed by atoms with Gasteiger partial charge in [0.2, 0.25) is 5.95 Å². The van der Waals surface area contributed by atoms with Crippen LogP contribution in [0.2, 0.25) is 0 Å². The van der Waals surface area contributed by atoms with Gasteiger partial charge in [0.05, 0.1) is 0 Å². The Hall–Kier alpha value is -1.07. The minimum absolute atomic E-state index is 0.00958. The average molecular weight is 206 g/mol. The third-order valence-corrected chi connectivity index (χ3v) is 1.22. The third kappa shape index (κ3) is 2.21. The first kappa shape index (κ1) is 9.02. The first-order chi connectivity index (χ1) is 5.59. The molecule has 0 aliphatic carbocycles. The average Bonchev–Trinajstić information content (AvgIpc) is 1.94. The van der Waals surface area contributed by atoms with Crippen LogP contribution in [-0.2, 0) is 0 Å². The number of anilines is 2. The van der Waals surface area contributed by atoms with E-state index in [1.54, 1.807) is 0 Å². The molecule has 0 saturated carbocycles. The largest absolute Gasteiger partial charge is 0.382 e. The molecule has 4 N–H and O–H groups in total. The molecule has 0 fully saturated rings. The van der Waals surface area contributed by atoms with Gasteiger partial charge in [-0.2, -0.15) is 4.98 Å². The quantitative estimate of drug-likeness (QED) is 0.709. The normalized spacial score (nSPS) is 9.50. The number of rotatable bonds is 1. The summed E-state index contributed by atoms with van der Waals surface area (Å²) in [5.74, 6) is 0.150. The maximum atomic E-state index is 5.41. The van der Waals surface area contributed by atoms with Crippen molar-refractivity contribution in [3.63, 3.8) is 0 Å². The number of nitrogens with zero attached hydrogens (tertiary/aromatic N) is 3. The minimum atomic E-state index is 0.00958. The van der Waals surface area contributed by atoms with Gasteiger partial charge in [0.25, 0.3) is 0 Å². The Balaban J connectivity index is 3.10. The summed E-state index contributed by atoms with van der Waals surface area (Å²) >= 11 is 10.7. The van der Waals surface area contributed by atoms with Crippen molar-refractivity contribution in [3.05, 3.63) is 10.2 Å². The number of nitrogen functional groups attached to an aromatic ring is 2. The number of nitrogens with two attached hydrogens (primary N) is 2. The standard InChI is InChI=1S/C5H5Cl2N5/c6-3(7)1-2-4(8)10-5(9)12-11-2/h1H,(H4,8,9,10,12). The highest BCUT2D eigenvalue weighted by Gasteiger charge is 2.01. The van der Waals surface area contributed by atoms with E-state index in [1.807, 2.05) is 0 Å². The summed E-state index contributed by atoms with van der Waals surface area (Å²) in [5, 5.41) is 7.08. The molecular weight excluding hydrogens is 201 g/mol. The predicted octanol–water partition coefficient (Wildman–Crippen LogP) is 0.812. The Bertz CT molecular complexity index is 320. The zero-order valence-electron chi connectivity index (χ0n) is 5.83. The van der Waals surface area contributed by atoms with Gasteiger partial charge in [0.1, 0.15) is 10.2 Å². The van der Waals surface area contributed by atoms with Gasteiger partial charge in [-0.1, -0.05) is 23.2 Å². The van der Waals surface area contributed by atoms with E-state index in [4.69, 9.17) is 34.7 Å². The van der Waals surface area contributed by atoms with Gasteiger partial charge >= 0.3 is 0 Å². The molecular formula is C5H5Cl2N5. The van der Waals surface area contributed by atoms with Crippen LogP contribution in [-0.4, -0.2) is 15.2 Å². The fraction of sp³-hybridized carbons (Fsp3) is 0. The Morgan fingerprint density at radius 3 is 2.42 bits per heavy atom. The van der Waals surface area contributed by atoms with Crippen LogP contribution in [0.4, 0.5) is 11.8 Å². The first-order valence-corrected chi connectivity index (χ1v) is 3.63. The molecule has 1 aromatic rings. The van der Waals surface area contributed by atoms with Gasteiger partial charge in [0, 0.05) is 0 Å². The lowest BCUT2D eigenvalue weighted by Crippen LogP contribution is -2.04. The van der Waals surface area contributed by atoms with Gasteiger partial charge in [0.15, 0.2) is 5.82 Å².